The van der Waals surface area contributed by atoms with E-state index >= 15 is 0 Å². The summed E-state index contributed by atoms with van der Waals surface area (Å²) in [6.07, 6.45) is 0.631. The summed E-state index contributed by atoms with van der Waals surface area (Å²) in [7, 11) is 0. The third-order valence-electron chi connectivity index (χ3n) is 1.94. The van der Waals surface area contributed by atoms with Gasteiger partial charge >= 0.3 is 5.97 Å². The first-order chi connectivity index (χ1) is 6.58. The molecule has 6 nitrogen and oxygen atoms in total. The maximum atomic E-state index is 10.9. The molecule has 1 rings (SSSR count). The van der Waals surface area contributed by atoms with E-state index in [0.29, 0.717) is 19.4 Å². The molecule has 0 radical (unpaired) electrons. The molecule has 0 aromatic rings. The molecule has 3 N–H and O–H groups in total. The fraction of sp³-hybridized carbons (Fsp3) is 0.625. The van der Waals surface area contributed by atoms with Gasteiger partial charge in [-0.15, -0.1) is 0 Å². The highest BCUT2D eigenvalue weighted by Gasteiger charge is 2.21. The van der Waals surface area contributed by atoms with E-state index in [2.05, 4.69) is 10.6 Å². The lowest BCUT2D eigenvalue weighted by Crippen LogP contribution is -2.38. The van der Waals surface area contributed by atoms with E-state index in [4.69, 9.17) is 5.11 Å². The van der Waals surface area contributed by atoms with Gasteiger partial charge in [-0.25, -0.2) is 0 Å². The third kappa shape index (κ3) is 3.42. The largest absolute Gasteiger partial charge is 0.481 e. The zero-order chi connectivity index (χ0) is 10.6. The van der Waals surface area contributed by atoms with Crippen LogP contribution in [0, 0.1) is 0 Å². The van der Waals surface area contributed by atoms with Crippen LogP contribution in [0.25, 0.3) is 0 Å². The van der Waals surface area contributed by atoms with E-state index in [9.17, 15) is 14.4 Å². The maximum Gasteiger partial charge on any atom is 0.312 e. The first kappa shape index (κ1) is 10.5. The molecule has 1 unspecified atom stereocenters. The number of carbonyl (C=O) groups excluding carboxylic acids is 2. The Morgan fingerprint density at radius 3 is 2.79 bits per heavy atom. The number of hydrogen-bond donors (Lipinski definition) is 3. The molecular weight excluding hydrogens is 188 g/mol. The number of amides is 2. The quantitative estimate of drug-likeness (QED) is 0.499. The molecule has 1 atom stereocenters. The average Bonchev–Trinajstić information content (AvgIpc) is 2.47. The lowest BCUT2D eigenvalue weighted by Gasteiger charge is -2.10. The van der Waals surface area contributed by atoms with Crippen molar-refractivity contribution >= 4 is 17.8 Å². The Kier molecular flexibility index (Phi) is 3.44. The monoisotopic (exact) mass is 200 g/mol. The predicted molar refractivity (Wildman–Crippen MR) is 46.4 cm³/mol. The minimum atomic E-state index is -1.15. The molecule has 1 fully saturated rings. The fourth-order valence-electron chi connectivity index (χ4n) is 1.27. The number of carboxylic acid groups (broad SMARTS) is 1. The molecule has 1 aliphatic heterocycles. The summed E-state index contributed by atoms with van der Waals surface area (Å²) in [5, 5.41) is 13.4. The van der Waals surface area contributed by atoms with Crippen molar-refractivity contribution in [2.45, 2.75) is 25.3 Å². The summed E-state index contributed by atoms with van der Waals surface area (Å²) >= 11 is 0. The fourth-order valence-corrected chi connectivity index (χ4v) is 1.27. The van der Waals surface area contributed by atoms with Crippen molar-refractivity contribution in [2.75, 3.05) is 6.54 Å². The molecule has 0 aromatic heterocycles. The van der Waals surface area contributed by atoms with Crippen LogP contribution in [0.5, 0.6) is 0 Å². The van der Waals surface area contributed by atoms with Crippen LogP contribution in [0.1, 0.15) is 19.3 Å². The SMILES string of the molecule is O=C(O)CC(=O)NCC1CCC(=O)N1. The van der Waals surface area contributed by atoms with Gasteiger partial charge in [0.1, 0.15) is 6.42 Å². The third-order valence-corrected chi connectivity index (χ3v) is 1.94. The second-order valence-electron chi connectivity index (χ2n) is 3.18. The van der Waals surface area contributed by atoms with Crippen LogP contribution in [-0.2, 0) is 14.4 Å². The molecule has 14 heavy (non-hydrogen) atoms. The molecule has 0 saturated carbocycles. The molecule has 1 saturated heterocycles. The Morgan fingerprint density at radius 2 is 2.29 bits per heavy atom. The highest BCUT2D eigenvalue weighted by Crippen LogP contribution is 2.04. The average molecular weight is 200 g/mol. The minimum absolute atomic E-state index is 0.0255. The van der Waals surface area contributed by atoms with Gasteiger partial charge in [0.25, 0.3) is 0 Å². The highest BCUT2D eigenvalue weighted by molar-refractivity contribution is 5.93. The van der Waals surface area contributed by atoms with Crippen molar-refractivity contribution < 1.29 is 19.5 Å². The topological polar surface area (TPSA) is 95.5 Å². The first-order valence-electron chi connectivity index (χ1n) is 4.36. The van der Waals surface area contributed by atoms with Crippen molar-refractivity contribution in [3.8, 4) is 0 Å². The molecule has 1 aliphatic rings. The van der Waals surface area contributed by atoms with Crippen LogP contribution in [-0.4, -0.2) is 35.5 Å². The van der Waals surface area contributed by atoms with Crippen LogP contribution >= 0.6 is 0 Å². The van der Waals surface area contributed by atoms with Crippen LogP contribution in [0.15, 0.2) is 0 Å². The number of aliphatic carboxylic acids is 1. The summed E-state index contributed by atoms with van der Waals surface area (Å²) in [6.45, 7) is 0.303. The molecule has 0 aliphatic carbocycles. The number of carbonyl (C=O) groups is 3. The molecular formula is C8H12N2O4. The normalized spacial score (nSPS) is 20.3. The zero-order valence-electron chi connectivity index (χ0n) is 7.58. The van der Waals surface area contributed by atoms with Gasteiger partial charge in [0.2, 0.25) is 11.8 Å². The van der Waals surface area contributed by atoms with Gasteiger partial charge in [0.15, 0.2) is 0 Å². The summed E-state index contributed by atoms with van der Waals surface area (Å²) < 4.78 is 0. The van der Waals surface area contributed by atoms with E-state index in [-0.39, 0.29) is 11.9 Å². The van der Waals surface area contributed by atoms with Crippen molar-refractivity contribution in [3.05, 3.63) is 0 Å². The van der Waals surface area contributed by atoms with Gasteiger partial charge in [-0.3, -0.25) is 14.4 Å². The Hall–Kier alpha value is -1.59. The van der Waals surface area contributed by atoms with Crippen LogP contribution in [0.3, 0.4) is 0 Å². The molecule has 0 bridgehead atoms. The van der Waals surface area contributed by atoms with Gasteiger partial charge in [0, 0.05) is 19.0 Å². The van der Waals surface area contributed by atoms with Gasteiger partial charge in [-0.2, -0.15) is 0 Å². The van der Waals surface area contributed by atoms with Crippen molar-refractivity contribution in [3.63, 3.8) is 0 Å². The summed E-state index contributed by atoms with van der Waals surface area (Å²) in [5.74, 6) is -1.71. The van der Waals surface area contributed by atoms with Gasteiger partial charge in [-0.1, -0.05) is 0 Å². The molecule has 2 amide bonds. The van der Waals surface area contributed by atoms with E-state index in [1.165, 1.54) is 0 Å². The van der Waals surface area contributed by atoms with E-state index in [1.54, 1.807) is 0 Å². The predicted octanol–water partition coefficient (Wildman–Crippen LogP) is -1.14. The van der Waals surface area contributed by atoms with Crippen LogP contribution in [0.4, 0.5) is 0 Å². The van der Waals surface area contributed by atoms with Gasteiger partial charge in [0.05, 0.1) is 0 Å². The van der Waals surface area contributed by atoms with Crippen molar-refractivity contribution in [1.29, 1.82) is 0 Å². The molecule has 1 heterocycles. The lowest BCUT2D eigenvalue weighted by molar-refractivity contribution is -0.140. The smallest absolute Gasteiger partial charge is 0.312 e. The first-order valence-corrected chi connectivity index (χ1v) is 4.36. The Bertz CT molecular complexity index is 264. The van der Waals surface area contributed by atoms with E-state index in [1.807, 2.05) is 0 Å². The highest BCUT2D eigenvalue weighted by atomic mass is 16.4. The number of nitrogens with one attached hydrogen (secondary N) is 2. The van der Waals surface area contributed by atoms with Crippen LogP contribution in [0.2, 0.25) is 0 Å². The second kappa shape index (κ2) is 4.59. The number of hydrogen-bond acceptors (Lipinski definition) is 3. The Labute approximate surface area is 80.7 Å². The number of rotatable bonds is 4. The molecule has 0 spiro atoms. The maximum absolute atomic E-state index is 10.9. The Balaban J connectivity index is 2.17. The summed E-state index contributed by atoms with van der Waals surface area (Å²) in [4.78, 5) is 31.8. The lowest BCUT2D eigenvalue weighted by atomic mass is 10.2. The van der Waals surface area contributed by atoms with Gasteiger partial charge < -0.3 is 15.7 Å². The molecule has 6 heteroatoms. The minimum Gasteiger partial charge on any atom is -0.481 e. The molecule has 78 valence electrons. The number of carboxylic acids is 1. The zero-order valence-corrected chi connectivity index (χ0v) is 7.58. The van der Waals surface area contributed by atoms with Crippen molar-refractivity contribution in [2.24, 2.45) is 0 Å². The standard InChI is InChI=1S/C8H12N2O4/c11-6-2-1-5(10-6)4-9-7(12)3-8(13)14/h5H,1-4H2,(H,9,12)(H,10,11)(H,13,14). The summed E-state index contributed by atoms with van der Waals surface area (Å²) in [6, 6.07) is -0.0553. The second-order valence-corrected chi connectivity index (χ2v) is 3.18. The molecule has 0 aromatic carbocycles. The van der Waals surface area contributed by atoms with E-state index in [0.717, 1.165) is 0 Å². The van der Waals surface area contributed by atoms with Crippen molar-refractivity contribution in [1.82, 2.24) is 10.6 Å². The van der Waals surface area contributed by atoms with Gasteiger partial charge in [-0.05, 0) is 6.42 Å². The Morgan fingerprint density at radius 1 is 1.57 bits per heavy atom. The van der Waals surface area contributed by atoms with Crippen LogP contribution < -0.4 is 10.6 Å². The summed E-state index contributed by atoms with van der Waals surface area (Å²) in [5.41, 5.74) is 0. The van der Waals surface area contributed by atoms with E-state index < -0.39 is 18.3 Å².